The highest BCUT2D eigenvalue weighted by atomic mass is 19.1. The molecule has 26 heavy (non-hydrogen) atoms. The van der Waals surface area contributed by atoms with Gasteiger partial charge >= 0.3 is 0 Å². The third-order valence-corrected chi connectivity index (χ3v) is 4.61. The molecule has 2 aromatic rings. The Kier molecular flexibility index (Phi) is 4.78. The van der Waals surface area contributed by atoms with Gasteiger partial charge in [-0.2, -0.15) is 0 Å². The Labute approximate surface area is 149 Å². The van der Waals surface area contributed by atoms with Crippen LogP contribution in [0.4, 0.5) is 4.39 Å². The van der Waals surface area contributed by atoms with Crippen LogP contribution in [0.2, 0.25) is 0 Å². The molecule has 8 heteroatoms. The fraction of sp³-hybridized carbons (Fsp3) is 0.389. The molecular formula is C18H20FN3O4. The Morgan fingerprint density at radius 1 is 1.42 bits per heavy atom. The minimum absolute atomic E-state index is 0.116. The SMILES string of the molecule is Cn1c(C2(C)CCOC2)nc(C(=O)NCc2ccc(F)cc2)c(O)c1=O. The number of halogens is 1. The number of rotatable bonds is 4. The zero-order chi connectivity index (χ0) is 18.9. The number of nitrogens with one attached hydrogen (secondary N) is 1. The number of nitrogens with zero attached hydrogens (tertiary/aromatic N) is 2. The molecule has 1 unspecified atom stereocenters. The molecule has 3 rings (SSSR count). The molecule has 0 aliphatic carbocycles. The summed E-state index contributed by atoms with van der Waals surface area (Å²) in [4.78, 5) is 29.1. The molecule has 1 saturated heterocycles. The average molecular weight is 361 g/mol. The highest BCUT2D eigenvalue weighted by Crippen LogP contribution is 2.31. The van der Waals surface area contributed by atoms with E-state index in [2.05, 4.69) is 10.3 Å². The maximum atomic E-state index is 12.9. The van der Waals surface area contributed by atoms with Crippen LogP contribution in [0.25, 0.3) is 0 Å². The van der Waals surface area contributed by atoms with E-state index >= 15 is 0 Å². The molecule has 1 aromatic carbocycles. The van der Waals surface area contributed by atoms with Crippen molar-refractivity contribution in [2.24, 2.45) is 7.05 Å². The van der Waals surface area contributed by atoms with Gasteiger partial charge in [0.05, 0.1) is 12.0 Å². The molecule has 2 heterocycles. The molecule has 0 radical (unpaired) electrons. The lowest BCUT2D eigenvalue weighted by Gasteiger charge is -2.24. The summed E-state index contributed by atoms with van der Waals surface area (Å²) in [5, 5.41) is 12.7. The van der Waals surface area contributed by atoms with Crippen molar-refractivity contribution >= 4 is 5.91 Å². The normalized spacial score (nSPS) is 19.5. The molecule has 1 atom stereocenters. The van der Waals surface area contributed by atoms with Crippen molar-refractivity contribution in [2.75, 3.05) is 13.2 Å². The van der Waals surface area contributed by atoms with Crippen LogP contribution in [0.3, 0.4) is 0 Å². The molecule has 0 saturated carbocycles. The first-order chi connectivity index (χ1) is 12.3. The third kappa shape index (κ3) is 3.32. The average Bonchev–Trinajstić information content (AvgIpc) is 3.06. The zero-order valence-corrected chi connectivity index (χ0v) is 14.6. The first-order valence-corrected chi connectivity index (χ1v) is 8.23. The largest absolute Gasteiger partial charge is 0.501 e. The smallest absolute Gasteiger partial charge is 0.296 e. The van der Waals surface area contributed by atoms with Crippen molar-refractivity contribution in [2.45, 2.75) is 25.3 Å². The second-order valence-corrected chi connectivity index (χ2v) is 6.67. The lowest BCUT2D eigenvalue weighted by atomic mass is 9.88. The Morgan fingerprint density at radius 3 is 2.73 bits per heavy atom. The van der Waals surface area contributed by atoms with Crippen molar-refractivity contribution in [3.05, 3.63) is 57.5 Å². The van der Waals surface area contributed by atoms with Gasteiger partial charge < -0.3 is 15.2 Å². The van der Waals surface area contributed by atoms with E-state index in [4.69, 9.17) is 4.74 Å². The molecule has 1 aromatic heterocycles. The topological polar surface area (TPSA) is 93.5 Å². The van der Waals surface area contributed by atoms with Crippen molar-refractivity contribution in [1.82, 2.24) is 14.9 Å². The van der Waals surface area contributed by atoms with E-state index in [-0.39, 0.29) is 18.1 Å². The molecular weight excluding hydrogens is 341 g/mol. The van der Waals surface area contributed by atoms with Crippen LogP contribution in [0.1, 0.15) is 35.2 Å². The first-order valence-electron chi connectivity index (χ1n) is 8.23. The number of amides is 1. The molecule has 1 fully saturated rings. The van der Waals surface area contributed by atoms with E-state index in [0.717, 1.165) is 0 Å². The van der Waals surface area contributed by atoms with Crippen LogP contribution >= 0.6 is 0 Å². The highest BCUT2D eigenvalue weighted by Gasteiger charge is 2.37. The van der Waals surface area contributed by atoms with Gasteiger partial charge in [-0.3, -0.25) is 14.2 Å². The van der Waals surface area contributed by atoms with Gasteiger partial charge in [0.1, 0.15) is 11.6 Å². The monoisotopic (exact) mass is 361 g/mol. The second-order valence-electron chi connectivity index (χ2n) is 6.67. The van der Waals surface area contributed by atoms with E-state index in [1.165, 1.54) is 35.9 Å². The summed E-state index contributed by atoms with van der Waals surface area (Å²) in [6.45, 7) is 2.94. The van der Waals surface area contributed by atoms with Crippen molar-refractivity contribution < 1.29 is 19.0 Å². The number of ether oxygens (including phenoxy) is 1. The minimum Gasteiger partial charge on any atom is -0.501 e. The molecule has 1 aliphatic heterocycles. The number of carbonyl (C=O) groups excluding carboxylic acids is 1. The van der Waals surface area contributed by atoms with Gasteiger partial charge in [0.25, 0.3) is 11.5 Å². The summed E-state index contributed by atoms with van der Waals surface area (Å²) in [5.74, 6) is -1.35. The summed E-state index contributed by atoms with van der Waals surface area (Å²) < 4.78 is 19.6. The minimum atomic E-state index is -0.699. The lowest BCUT2D eigenvalue weighted by Crippen LogP contribution is -2.36. The Bertz CT molecular complexity index is 887. The Balaban J connectivity index is 1.88. The molecule has 1 amide bonds. The Hall–Kier alpha value is -2.74. The molecule has 1 aliphatic rings. The zero-order valence-electron chi connectivity index (χ0n) is 14.6. The number of aromatic nitrogens is 2. The van der Waals surface area contributed by atoms with Crippen LogP contribution in [-0.4, -0.2) is 33.8 Å². The Morgan fingerprint density at radius 2 is 2.12 bits per heavy atom. The van der Waals surface area contributed by atoms with Gasteiger partial charge in [-0.05, 0) is 24.1 Å². The molecule has 0 spiro atoms. The van der Waals surface area contributed by atoms with Gasteiger partial charge in [-0.15, -0.1) is 0 Å². The van der Waals surface area contributed by atoms with Gasteiger partial charge in [0.15, 0.2) is 5.69 Å². The van der Waals surface area contributed by atoms with Crippen LogP contribution in [-0.2, 0) is 23.7 Å². The summed E-state index contributed by atoms with van der Waals surface area (Å²) in [7, 11) is 1.51. The predicted octanol–water partition coefficient (Wildman–Crippen LogP) is 1.23. The fourth-order valence-electron chi connectivity index (χ4n) is 3.00. The number of hydrogen-bond acceptors (Lipinski definition) is 5. The summed E-state index contributed by atoms with van der Waals surface area (Å²) in [6, 6.07) is 5.65. The predicted molar refractivity (Wildman–Crippen MR) is 91.5 cm³/mol. The maximum absolute atomic E-state index is 12.9. The summed E-state index contributed by atoms with van der Waals surface area (Å²) >= 11 is 0. The molecule has 2 N–H and O–H groups in total. The number of hydrogen-bond donors (Lipinski definition) is 2. The van der Waals surface area contributed by atoms with E-state index < -0.39 is 22.6 Å². The third-order valence-electron chi connectivity index (χ3n) is 4.61. The van der Waals surface area contributed by atoms with Crippen LogP contribution in [0.15, 0.2) is 29.1 Å². The van der Waals surface area contributed by atoms with Gasteiger partial charge in [0, 0.05) is 20.2 Å². The number of benzene rings is 1. The standard InChI is InChI=1S/C18H20FN3O4/c1-18(7-8-26-10-18)17-21-13(14(23)16(25)22(17)2)15(24)20-9-11-3-5-12(19)6-4-11/h3-6,23H,7-10H2,1-2H3,(H,20,24). The highest BCUT2D eigenvalue weighted by molar-refractivity contribution is 5.94. The maximum Gasteiger partial charge on any atom is 0.296 e. The summed E-state index contributed by atoms with van der Waals surface area (Å²) in [5.41, 5.74) is -0.832. The van der Waals surface area contributed by atoms with E-state index in [1.807, 2.05) is 6.92 Å². The van der Waals surface area contributed by atoms with E-state index in [9.17, 15) is 19.1 Å². The van der Waals surface area contributed by atoms with Gasteiger partial charge in [0.2, 0.25) is 5.75 Å². The molecule has 138 valence electrons. The van der Waals surface area contributed by atoms with Gasteiger partial charge in [-0.25, -0.2) is 9.37 Å². The number of carbonyl (C=O) groups is 1. The first kappa shape index (κ1) is 18.1. The molecule has 0 bridgehead atoms. The van der Waals surface area contributed by atoms with Crippen molar-refractivity contribution in [1.29, 1.82) is 0 Å². The fourth-order valence-corrected chi connectivity index (χ4v) is 3.00. The van der Waals surface area contributed by atoms with E-state index in [0.29, 0.717) is 31.0 Å². The van der Waals surface area contributed by atoms with Crippen LogP contribution < -0.4 is 10.9 Å². The second kappa shape index (κ2) is 6.87. The van der Waals surface area contributed by atoms with Gasteiger partial charge in [-0.1, -0.05) is 19.1 Å². The quantitative estimate of drug-likeness (QED) is 0.854. The van der Waals surface area contributed by atoms with Crippen LogP contribution in [0, 0.1) is 5.82 Å². The van der Waals surface area contributed by atoms with Crippen molar-refractivity contribution in [3.63, 3.8) is 0 Å². The molecule has 7 nitrogen and oxygen atoms in total. The lowest BCUT2D eigenvalue weighted by molar-refractivity contribution is 0.0941. The van der Waals surface area contributed by atoms with Crippen molar-refractivity contribution in [3.8, 4) is 5.75 Å². The van der Waals surface area contributed by atoms with Crippen LogP contribution in [0.5, 0.6) is 5.75 Å². The van der Waals surface area contributed by atoms with E-state index in [1.54, 1.807) is 0 Å². The number of aromatic hydroxyl groups is 1. The summed E-state index contributed by atoms with van der Waals surface area (Å²) in [6.07, 6.45) is 0.661.